The first-order valence-corrected chi connectivity index (χ1v) is 6.28. The van der Waals surface area contributed by atoms with Gasteiger partial charge in [0, 0.05) is 17.1 Å². The van der Waals surface area contributed by atoms with E-state index in [0.717, 1.165) is 19.3 Å². The molecule has 3 nitrogen and oxygen atoms in total. The molecule has 0 aromatic heterocycles. The van der Waals surface area contributed by atoms with Crippen LogP contribution >= 0.6 is 0 Å². The Balaban J connectivity index is 1.63. The summed E-state index contributed by atoms with van der Waals surface area (Å²) < 4.78 is 12.8. The molecular weight excluding hydrogens is 231 g/mol. The van der Waals surface area contributed by atoms with Crippen molar-refractivity contribution in [1.82, 2.24) is 0 Å². The molecule has 4 heteroatoms. The molecule has 0 saturated heterocycles. The fraction of sp³-hybridized carbons (Fsp3) is 0.500. The van der Waals surface area contributed by atoms with Crippen LogP contribution in [-0.4, -0.2) is 11.4 Å². The molecule has 3 aliphatic carbocycles. The number of amides is 1. The Kier molecular flexibility index (Phi) is 2.29. The summed E-state index contributed by atoms with van der Waals surface area (Å²) in [6.07, 6.45) is 2.87. The quantitative estimate of drug-likeness (QED) is 0.862. The first kappa shape index (κ1) is 11.7. The lowest BCUT2D eigenvalue weighted by Crippen LogP contribution is -2.75. The highest BCUT2D eigenvalue weighted by molar-refractivity contribution is 5.93. The molecule has 1 atom stereocenters. The average Bonchev–Trinajstić information content (AvgIpc) is 2.26. The third-order valence-electron chi connectivity index (χ3n) is 4.54. The number of nitrogens with one attached hydrogen (secondary N) is 1. The largest absolute Gasteiger partial charge is 0.326 e. The SMILES string of the molecule is C[C@@H](C(=O)Nc1ccc(F)cc1)C12CC(N)(C1)C2. The van der Waals surface area contributed by atoms with Crippen LogP contribution < -0.4 is 11.1 Å². The molecule has 0 radical (unpaired) electrons. The summed E-state index contributed by atoms with van der Waals surface area (Å²) in [7, 11) is 0. The summed E-state index contributed by atoms with van der Waals surface area (Å²) in [6, 6.07) is 5.84. The minimum atomic E-state index is -0.300. The van der Waals surface area contributed by atoms with E-state index in [4.69, 9.17) is 5.73 Å². The zero-order chi connectivity index (χ0) is 13.0. The van der Waals surface area contributed by atoms with Crippen LogP contribution in [0.4, 0.5) is 10.1 Å². The summed E-state index contributed by atoms with van der Waals surface area (Å²) in [6.45, 7) is 1.96. The Morgan fingerprint density at radius 1 is 1.33 bits per heavy atom. The van der Waals surface area contributed by atoms with E-state index in [-0.39, 0.29) is 28.6 Å². The molecule has 0 heterocycles. The van der Waals surface area contributed by atoms with Gasteiger partial charge in [0.1, 0.15) is 5.82 Å². The van der Waals surface area contributed by atoms with Gasteiger partial charge in [0.2, 0.25) is 5.91 Å². The van der Waals surface area contributed by atoms with Crippen LogP contribution in [0.2, 0.25) is 0 Å². The van der Waals surface area contributed by atoms with Gasteiger partial charge < -0.3 is 11.1 Å². The van der Waals surface area contributed by atoms with E-state index in [1.165, 1.54) is 12.1 Å². The summed E-state index contributed by atoms with van der Waals surface area (Å²) >= 11 is 0. The van der Waals surface area contributed by atoms with Gasteiger partial charge in [0.05, 0.1) is 0 Å². The highest BCUT2D eigenvalue weighted by atomic mass is 19.1. The van der Waals surface area contributed by atoms with Crippen molar-refractivity contribution in [3.63, 3.8) is 0 Å². The fourth-order valence-corrected chi connectivity index (χ4v) is 3.47. The number of rotatable bonds is 3. The van der Waals surface area contributed by atoms with Crippen molar-refractivity contribution in [2.45, 2.75) is 31.7 Å². The van der Waals surface area contributed by atoms with Crippen LogP contribution in [0.5, 0.6) is 0 Å². The standard InChI is InChI=1S/C14H17FN2O/c1-9(13-6-14(16,7-13)8-13)12(18)17-11-4-2-10(15)3-5-11/h2-5,9H,6-8,16H2,1H3,(H,17,18)/t9-,13?,14?/m0/s1. The van der Waals surface area contributed by atoms with E-state index in [1.807, 2.05) is 6.92 Å². The van der Waals surface area contributed by atoms with Crippen LogP contribution in [0.1, 0.15) is 26.2 Å². The topological polar surface area (TPSA) is 55.1 Å². The van der Waals surface area contributed by atoms with E-state index < -0.39 is 0 Å². The van der Waals surface area contributed by atoms with Gasteiger partial charge >= 0.3 is 0 Å². The van der Waals surface area contributed by atoms with Crippen molar-refractivity contribution in [2.24, 2.45) is 17.1 Å². The van der Waals surface area contributed by atoms with E-state index in [9.17, 15) is 9.18 Å². The minimum absolute atomic E-state index is 0.00311. The zero-order valence-electron chi connectivity index (χ0n) is 10.4. The minimum Gasteiger partial charge on any atom is -0.326 e. The lowest BCUT2D eigenvalue weighted by Gasteiger charge is -2.71. The van der Waals surface area contributed by atoms with Crippen molar-refractivity contribution in [1.29, 1.82) is 0 Å². The van der Waals surface area contributed by atoms with E-state index in [1.54, 1.807) is 12.1 Å². The number of carbonyl (C=O) groups is 1. The highest BCUT2D eigenvalue weighted by Gasteiger charge is 2.68. The van der Waals surface area contributed by atoms with Gasteiger partial charge in [-0.3, -0.25) is 4.79 Å². The third-order valence-corrected chi connectivity index (χ3v) is 4.54. The number of halogens is 1. The lowest BCUT2D eigenvalue weighted by molar-refractivity contribution is -0.174. The number of benzene rings is 1. The monoisotopic (exact) mass is 248 g/mol. The molecule has 1 aromatic rings. The molecule has 18 heavy (non-hydrogen) atoms. The van der Waals surface area contributed by atoms with Crippen molar-refractivity contribution in [3.05, 3.63) is 30.1 Å². The molecule has 0 unspecified atom stereocenters. The molecule has 1 amide bonds. The Bertz CT molecular complexity index is 477. The van der Waals surface area contributed by atoms with Crippen LogP contribution in [-0.2, 0) is 4.79 Å². The van der Waals surface area contributed by atoms with Gasteiger partial charge in [0.15, 0.2) is 0 Å². The van der Waals surface area contributed by atoms with Crippen LogP contribution in [0.25, 0.3) is 0 Å². The van der Waals surface area contributed by atoms with E-state index in [0.29, 0.717) is 5.69 Å². The van der Waals surface area contributed by atoms with Crippen molar-refractivity contribution in [3.8, 4) is 0 Å². The molecule has 2 bridgehead atoms. The maximum absolute atomic E-state index is 12.8. The number of hydrogen-bond acceptors (Lipinski definition) is 2. The number of nitrogens with two attached hydrogens (primary N) is 1. The maximum Gasteiger partial charge on any atom is 0.227 e. The van der Waals surface area contributed by atoms with Gasteiger partial charge in [-0.15, -0.1) is 0 Å². The second-order valence-corrected chi connectivity index (χ2v) is 5.97. The molecule has 3 aliphatic rings. The first-order valence-electron chi connectivity index (χ1n) is 6.28. The number of hydrogen-bond donors (Lipinski definition) is 2. The molecular formula is C14H17FN2O. The number of anilines is 1. The van der Waals surface area contributed by atoms with Crippen molar-refractivity contribution >= 4 is 11.6 Å². The van der Waals surface area contributed by atoms with Crippen molar-refractivity contribution in [2.75, 3.05) is 5.32 Å². The molecule has 1 aromatic carbocycles. The van der Waals surface area contributed by atoms with Gasteiger partial charge in [-0.25, -0.2) is 4.39 Å². The van der Waals surface area contributed by atoms with Crippen LogP contribution in [0.3, 0.4) is 0 Å². The van der Waals surface area contributed by atoms with Gasteiger partial charge in [-0.2, -0.15) is 0 Å². The van der Waals surface area contributed by atoms with Crippen molar-refractivity contribution < 1.29 is 9.18 Å². The highest BCUT2D eigenvalue weighted by Crippen LogP contribution is 2.69. The summed E-state index contributed by atoms with van der Waals surface area (Å²) in [5, 5.41) is 2.83. The average molecular weight is 248 g/mol. The molecule has 4 rings (SSSR count). The molecule has 3 fully saturated rings. The van der Waals surface area contributed by atoms with Gasteiger partial charge in [-0.1, -0.05) is 6.92 Å². The molecule has 0 spiro atoms. The second kappa shape index (κ2) is 3.54. The third kappa shape index (κ3) is 1.63. The maximum atomic E-state index is 12.8. The number of carbonyl (C=O) groups excluding carboxylic acids is 1. The van der Waals surface area contributed by atoms with Crippen LogP contribution in [0.15, 0.2) is 24.3 Å². The van der Waals surface area contributed by atoms with Crippen LogP contribution in [0, 0.1) is 17.2 Å². The second-order valence-electron chi connectivity index (χ2n) is 5.97. The lowest BCUT2D eigenvalue weighted by atomic mass is 9.36. The predicted molar refractivity (Wildman–Crippen MR) is 67.4 cm³/mol. The Morgan fingerprint density at radius 3 is 2.39 bits per heavy atom. The smallest absolute Gasteiger partial charge is 0.227 e. The van der Waals surface area contributed by atoms with E-state index >= 15 is 0 Å². The normalized spacial score (nSPS) is 34.2. The molecule has 3 saturated carbocycles. The Morgan fingerprint density at radius 2 is 1.89 bits per heavy atom. The van der Waals surface area contributed by atoms with E-state index in [2.05, 4.69) is 5.32 Å². The Hall–Kier alpha value is -1.42. The predicted octanol–water partition coefficient (Wildman–Crippen LogP) is 2.28. The Labute approximate surface area is 106 Å². The fourth-order valence-electron chi connectivity index (χ4n) is 3.47. The van der Waals surface area contributed by atoms with Gasteiger partial charge in [-0.05, 0) is 48.9 Å². The molecule has 0 aliphatic heterocycles. The van der Waals surface area contributed by atoms with Gasteiger partial charge in [0.25, 0.3) is 0 Å². The zero-order valence-corrected chi connectivity index (χ0v) is 10.4. The summed E-state index contributed by atoms with van der Waals surface area (Å²) in [4.78, 5) is 12.1. The summed E-state index contributed by atoms with van der Waals surface area (Å²) in [5.74, 6) is -0.332. The first-order chi connectivity index (χ1) is 8.42. The molecule has 96 valence electrons. The molecule has 3 N–H and O–H groups in total. The summed E-state index contributed by atoms with van der Waals surface area (Å²) in [5.41, 5.74) is 6.79.